The highest BCUT2D eigenvalue weighted by Gasteiger charge is 2.24. The van der Waals surface area contributed by atoms with Gasteiger partial charge < -0.3 is 0 Å². The van der Waals surface area contributed by atoms with E-state index >= 15 is 0 Å². The van der Waals surface area contributed by atoms with Crippen LogP contribution in [0.3, 0.4) is 0 Å². The maximum atomic E-state index is 13.4. The Morgan fingerprint density at radius 1 is 0.800 bits per heavy atom. The zero-order valence-corrected chi connectivity index (χ0v) is 15.1. The van der Waals surface area contributed by atoms with Crippen LogP contribution in [0.25, 0.3) is 0 Å². The number of rotatable bonds is 4. The van der Waals surface area contributed by atoms with Gasteiger partial charge in [0.05, 0.1) is 0 Å². The summed E-state index contributed by atoms with van der Waals surface area (Å²) in [6.45, 7) is 2.29. The predicted octanol–water partition coefficient (Wildman–Crippen LogP) is 7.15. The van der Waals surface area contributed by atoms with Crippen LogP contribution in [0.1, 0.15) is 76.2 Å². The second kappa shape index (κ2) is 8.42. The van der Waals surface area contributed by atoms with E-state index in [1.54, 1.807) is 0 Å². The second-order valence-corrected chi connectivity index (χ2v) is 7.98. The van der Waals surface area contributed by atoms with Crippen LogP contribution in [0.2, 0.25) is 0 Å². The molecule has 0 atom stereocenters. The van der Waals surface area contributed by atoms with Crippen molar-refractivity contribution >= 4 is 0 Å². The number of hydrogen-bond acceptors (Lipinski definition) is 0. The summed E-state index contributed by atoms with van der Waals surface area (Å²) in [6.07, 6.45) is 15.4. The summed E-state index contributed by atoms with van der Waals surface area (Å²) in [5.74, 6) is -1.11. The highest BCUT2D eigenvalue weighted by Crippen LogP contribution is 2.38. The molecule has 3 rings (SSSR count). The fraction of sp³-hybridized carbons (Fsp3) is 0.636. The van der Waals surface area contributed by atoms with Gasteiger partial charge in [-0.3, -0.25) is 0 Å². The summed E-state index contributed by atoms with van der Waals surface area (Å²) in [5.41, 5.74) is 0.608. The Hall–Kier alpha value is -1.25. The van der Waals surface area contributed by atoms with Crippen LogP contribution >= 0.6 is 0 Å². The molecule has 3 heteroatoms. The molecule has 0 N–H and O–H groups in total. The maximum Gasteiger partial charge on any atom is 0.194 e. The molecule has 2 fully saturated rings. The Bertz CT molecular complexity index is 568. The number of benzene rings is 1. The zero-order valence-electron chi connectivity index (χ0n) is 15.1. The minimum Gasteiger partial charge on any atom is -0.204 e. The lowest BCUT2D eigenvalue weighted by atomic mass is 9.77. The molecule has 0 bridgehead atoms. The van der Waals surface area contributed by atoms with E-state index in [1.165, 1.54) is 44.2 Å². The van der Waals surface area contributed by atoms with E-state index in [2.05, 4.69) is 19.1 Å². The molecule has 0 saturated heterocycles. The van der Waals surface area contributed by atoms with E-state index in [4.69, 9.17) is 0 Å². The van der Waals surface area contributed by atoms with Crippen LogP contribution in [-0.2, 0) is 0 Å². The zero-order chi connectivity index (χ0) is 17.8. The van der Waals surface area contributed by atoms with Gasteiger partial charge in [-0.1, -0.05) is 25.5 Å². The van der Waals surface area contributed by atoms with Gasteiger partial charge in [0.15, 0.2) is 17.5 Å². The Balaban J connectivity index is 1.50. The molecule has 1 aromatic rings. The van der Waals surface area contributed by atoms with Crippen molar-refractivity contribution in [2.75, 3.05) is 0 Å². The molecule has 2 aliphatic carbocycles. The van der Waals surface area contributed by atoms with Gasteiger partial charge in [0.1, 0.15) is 0 Å². The Morgan fingerprint density at radius 3 is 1.76 bits per heavy atom. The first-order valence-electron chi connectivity index (χ1n) is 9.89. The number of hydrogen-bond donors (Lipinski definition) is 0. The molecule has 0 heterocycles. The van der Waals surface area contributed by atoms with Gasteiger partial charge in [-0.15, -0.1) is 0 Å². The van der Waals surface area contributed by atoms with Crippen molar-refractivity contribution in [3.05, 3.63) is 47.3 Å². The van der Waals surface area contributed by atoms with Crippen molar-refractivity contribution in [2.45, 2.75) is 70.6 Å². The van der Waals surface area contributed by atoms with Gasteiger partial charge >= 0.3 is 0 Å². The van der Waals surface area contributed by atoms with Crippen molar-refractivity contribution in [2.24, 2.45) is 17.8 Å². The molecule has 0 nitrogen and oxygen atoms in total. The van der Waals surface area contributed by atoms with Crippen molar-refractivity contribution < 1.29 is 13.2 Å². The number of halogens is 3. The normalized spacial score (nSPS) is 30.7. The van der Waals surface area contributed by atoms with Crippen LogP contribution < -0.4 is 0 Å². The number of allylic oxidation sites excluding steroid dienone is 2. The van der Waals surface area contributed by atoms with E-state index < -0.39 is 17.5 Å². The molecule has 1 aromatic carbocycles. The van der Waals surface area contributed by atoms with Crippen LogP contribution in [0.5, 0.6) is 0 Å². The summed E-state index contributed by atoms with van der Waals surface area (Å²) in [7, 11) is 0. The molecule has 0 radical (unpaired) electrons. The topological polar surface area (TPSA) is 0 Å². The average molecular weight is 350 g/mol. The van der Waals surface area contributed by atoms with E-state index in [9.17, 15) is 13.2 Å². The van der Waals surface area contributed by atoms with Crippen molar-refractivity contribution in [1.29, 1.82) is 0 Å². The van der Waals surface area contributed by atoms with E-state index in [1.807, 2.05) is 0 Å². The van der Waals surface area contributed by atoms with Crippen LogP contribution in [0.15, 0.2) is 24.3 Å². The van der Waals surface area contributed by atoms with Gasteiger partial charge in [-0.2, -0.15) is 0 Å². The fourth-order valence-electron chi connectivity index (χ4n) is 4.56. The van der Waals surface area contributed by atoms with Crippen molar-refractivity contribution in [1.82, 2.24) is 0 Å². The van der Waals surface area contributed by atoms with Gasteiger partial charge in [-0.25, -0.2) is 13.2 Å². The fourth-order valence-corrected chi connectivity index (χ4v) is 4.56. The first-order chi connectivity index (χ1) is 12.1. The molecule has 138 valence electrons. The van der Waals surface area contributed by atoms with Crippen LogP contribution in [-0.4, -0.2) is 0 Å². The predicted molar refractivity (Wildman–Crippen MR) is 95.9 cm³/mol. The van der Waals surface area contributed by atoms with E-state index in [0.29, 0.717) is 11.5 Å². The molecule has 0 spiro atoms. The third kappa shape index (κ3) is 4.68. The Kier molecular flexibility index (Phi) is 6.24. The Labute approximate surface area is 149 Å². The molecule has 0 amide bonds. The van der Waals surface area contributed by atoms with E-state index in [0.717, 1.165) is 37.5 Å². The highest BCUT2D eigenvalue weighted by molar-refractivity contribution is 5.23. The summed E-state index contributed by atoms with van der Waals surface area (Å²) >= 11 is 0. The first-order valence-corrected chi connectivity index (χ1v) is 9.89. The standard InChI is InChI=1S/C22H29F3/c1-2-15-3-5-16(6-4-15)7-8-17-9-11-18(12-10-17)19-13-20(23)22(25)21(24)14-19/h7-8,13-18H,2-6,9-12H2,1H3/t15-,16-,17-,18-. The molecule has 0 unspecified atom stereocenters. The lowest BCUT2D eigenvalue weighted by Gasteiger charge is -2.29. The first kappa shape index (κ1) is 18.5. The maximum absolute atomic E-state index is 13.4. The minimum atomic E-state index is -1.36. The molecular formula is C22H29F3. The smallest absolute Gasteiger partial charge is 0.194 e. The highest BCUT2D eigenvalue weighted by atomic mass is 19.2. The second-order valence-electron chi connectivity index (χ2n) is 7.98. The molecule has 25 heavy (non-hydrogen) atoms. The summed E-state index contributed by atoms with van der Waals surface area (Å²) < 4.78 is 40.0. The lowest BCUT2D eigenvalue weighted by Crippen LogP contribution is -2.14. The monoisotopic (exact) mass is 350 g/mol. The minimum absolute atomic E-state index is 0.147. The third-order valence-corrected chi connectivity index (χ3v) is 6.37. The summed E-state index contributed by atoms with van der Waals surface area (Å²) in [6, 6.07) is 2.34. The molecule has 2 aliphatic rings. The van der Waals surface area contributed by atoms with Gasteiger partial charge in [0.25, 0.3) is 0 Å². The quantitative estimate of drug-likeness (QED) is 0.399. The van der Waals surface area contributed by atoms with Gasteiger partial charge in [-0.05, 0) is 92.7 Å². The van der Waals surface area contributed by atoms with Gasteiger partial charge in [0.2, 0.25) is 0 Å². The van der Waals surface area contributed by atoms with Gasteiger partial charge in [0, 0.05) is 0 Å². The Morgan fingerprint density at radius 2 is 1.28 bits per heavy atom. The largest absolute Gasteiger partial charge is 0.204 e. The molecular weight excluding hydrogens is 321 g/mol. The van der Waals surface area contributed by atoms with Crippen LogP contribution in [0.4, 0.5) is 13.2 Å². The van der Waals surface area contributed by atoms with E-state index in [-0.39, 0.29) is 5.92 Å². The third-order valence-electron chi connectivity index (χ3n) is 6.37. The SMILES string of the molecule is CC[C@H]1CC[C@H](C=C[C@H]2CC[C@H](c3cc(F)c(F)c(F)c3)CC2)CC1. The summed E-state index contributed by atoms with van der Waals surface area (Å²) in [5, 5.41) is 0. The van der Waals surface area contributed by atoms with Crippen LogP contribution in [0, 0.1) is 35.2 Å². The molecule has 2 saturated carbocycles. The lowest BCUT2D eigenvalue weighted by molar-refractivity contribution is 0.301. The van der Waals surface area contributed by atoms with Crippen molar-refractivity contribution in [3.8, 4) is 0 Å². The molecule has 0 aromatic heterocycles. The molecule has 0 aliphatic heterocycles. The van der Waals surface area contributed by atoms with Crippen molar-refractivity contribution in [3.63, 3.8) is 0 Å². The average Bonchev–Trinajstić information content (AvgIpc) is 2.65. The summed E-state index contributed by atoms with van der Waals surface area (Å²) in [4.78, 5) is 0.